The molecule has 0 N–H and O–H groups in total. The summed E-state index contributed by atoms with van der Waals surface area (Å²) >= 11 is 16.8. The molecule has 2 aromatic rings. The Morgan fingerprint density at radius 2 is 1.79 bits per heavy atom. The Hall–Kier alpha value is -1.54. The third kappa shape index (κ3) is 3.71. The van der Waals surface area contributed by atoms with Gasteiger partial charge < -0.3 is 4.42 Å². The third-order valence-corrected chi connectivity index (χ3v) is 2.63. The molecule has 0 aliphatic heterocycles. The van der Waals surface area contributed by atoms with Crippen LogP contribution in [0.5, 0.6) is 0 Å². The second-order valence-electron chi connectivity index (χ2n) is 3.51. The summed E-state index contributed by atoms with van der Waals surface area (Å²) in [6.45, 7) is 0. The van der Waals surface area contributed by atoms with E-state index in [0.717, 1.165) is 5.56 Å². The molecule has 0 atom stereocenters. The standard InChI is InChI=1S/C12H6Cl3N3O/c13-12(14,15)11-18-17-10(19-11)6-5-8-1-3-9(7-16)4-2-8/h1-6H. The molecule has 0 radical (unpaired) electrons. The molecule has 0 saturated heterocycles. The maximum Gasteiger partial charge on any atom is 0.268 e. The van der Waals surface area contributed by atoms with E-state index in [1.54, 1.807) is 36.4 Å². The number of hydrogen-bond acceptors (Lipinski definition) is 4. The Bertz CT molecular complexity index is 635. The summed E-state index contributed by atoms with van der Waals surface area (Å²) in [5, 5.41) is 16.0. The van der Waals surface area contributed by atoms with Crippen LogP contribution < -0.4 is 0 Å². The van der Waals surface area contributed by atoms with Gasteiger partial charge in [0.25, 0.3) is 9.68 Å². The summed E-state index contributed by atoms with van der Waals surface area (Å²) in [6.07, 6.45) is 3.34. The summed E-state index contributed by atoms with van der Waals surface area (Å²) < 4.78 is 3.43. The number of alkyl halides is 3. The van der Waals surface area contributed by atoms with Gasteiger partial charge in [-0.05, 0) is 23.8 Å². The van der Waals surface area contributed by atoms with Crippen molar-refractivity contribution in [1.82, 2.24) is 10.2 Å². The van der Waals surface area contributed by atoms with Crippen molar-refractivity contribution in [3.63, 3.8) is 0 Å². The predicted octanol–water partition coefficient (Wildman–Crippen LogP) is 3.94. The second kappa shape index (κ2) is 5.62. The molecule has 0 aliphatic carbocycles. The number of halogens is 3. The summed E-state index contributed by atoms with van der Waals surface area (Å²) in [4.78, 5) is 0. The molecule has 0 fully saturated rings. The number of aromatic nitrogens is 2. The smallest absolute Gasteiger partial charge is 0.268 e. The van der Waals surface area contributed by atoms with Crippen LogP contribution in [0.4, 0.5) is 0 Å². The van der Waals surface area contributed by atoms with Crippen molar-refractivity contribution in [2.75, 3.05) is 0 Å². The molecule has 7 heteroatoms. The minimum absolute atomic E-state index is 0.0861. The second-order valence-corrected chi connectivity index (χ2v) is 5.79. The normalized spacial score (nSPS) is 11.7. The van der Waals surface area contributed by atoms with Crippen molar-refractivity contribution in [2.45, 2.75) is 3.79 Å². The molecule has 4 nitrogen and oxygen atoms in total. The molecule has 0 saturated carbocycles. The highest BCUT2D eigenvalue weighted by Gasteiger charge is 2.29. The van der Waals surface area contributed by atoms with Gasteiger partial charge in [0, 0.05) is 6.08 Å². The summed E-state index contributed by atoms with van der Waals surface area (Å²) in [5.74, 6) is 0.141. The van der Waals surface area contributed by atoms with Crippen LogP contribution in [0.25, 0.3) is 12.2 Å². The highest BCUT2D eigenvalue weighted by atomic mass is 35.6. The van der Waals surface area contributed by atoms with E-state index in [0.29, 0.717) is 5.56 Å². The number of nitrogens with zero attached hydrogens (tertiary/aromatic N) is 3. The lowest BCUT2D eigenvalue weighted by Crippen LogP contribution is -1.99. The zero-order valence-corrected chi connectivity index (χ0v) is 11.6. The topological polar surface area (TPSA) is 62.7 Å². The van der Waals surface area contributed by atoms with Crippen molar-refractivity contribution in [3.05, 3.63) is 47.2 Å². The quantitative estimate of drug-likeness (QED) is 0.788. The van der Waals surface area contributed by atoms with Gasteiger partial charge in [0.15, 0.2) is 0 Å². The van der Waals surface area contributed by atoms with Gasteiger partial charge >= 0.3 is 0 Å². The van der Waals surface area contributed by atoms with Crippen LogP contribution in [-0.4, -0.2) is 10.2 Å². The van der Waals surface area contributed by atoms with E-state index in [4.69, 9.17) is 44.5 Å². The molecule has 96 valence electrons. The van der Waals surface area contributed by atoms with Crippen molar-refractivity contribution in [3.8, 4) is 6.07 Å². The lowest BCUT2D eigenvalue weighted by atomic mass is 10.1. The van der Waals surface area contributed by atoms with Crippen molar-refractivity contribution in [1.29, 1.82) is 5.26 Å². The maximum atomic E-state index is 8.68. The average Bonchev–Trinajstić information content (AvgIpc) is 2.86. The van der Waals surface area contributed by atoms with Gasteiger partial charge in [-0.25, -0.2) is 0 Å². The van der Waals surface area contributed by atoms with Gasteiger partial charge in [-0.1, -0.05) is 46.9 Å². The Kier molecular flexibility index (Phi) is 4.11. The van der Waals surface area contributed by atoms with Gasteiger partial charge in [-0.3, -0.25) is 0 Å². The molecule has 19 heavy (non-hydrogen) atoms. The summed E-state index contributed by atoms with van der Waals surface area (Å²) in [5.41, 5.74) is 1.47. The number of hydrogen-bond donors (Lipinski definition) is 0. The van der Waals surface area contributed by atoms with Crippen LogP contribution in [0, 0.1) is 11.3 Å². The van der Waals surface area contributed by atoms with E-state index >= 15 is 0 Å². The van der Waals surface area contributed by atoms with Crippen LogP contribution in [0.2, 0.25) is 0 Å². The van der Waals surface area contributed by atoms with Crippen molar-refractivity contribution in [2.24, 2.45) is 0 Å². The first-order chi connectivity index (χ1) is 8.99. The van der Waals surface area contributed by atoms with E-state index in [1.165, 1.54) is 0 Å². The molecular weight excluding hydrogens is 309 g/mol. The highest BCUT2D eigenvalue weighted by Crippen LogP contribution is 2.37. The monoisotopic (exact) mass is 313 g/mol. The Morgan fingerprint density at radius 3 is 2.32 bits per heavy atom. The molecule has 1 aromatic heterocycles. The molecule has 0 unspecified atom stereocenters. The lowest BCUT2D eigenvalue weighted by Gasteiger charge is -2.01. The van der Waals surface area contributed by atoms with Gasteiger partial charge in [0.05, 0.1) is 11.6 Å². The first kappa shape index (κ1) is 13.9. The largest absolute Gasteiger partial charge is 0.417 e. The third-order valence-electron chi connectivity index (χ3n) is 2.14. The molecule has 1 heterocycles. The van der Waals surface area contributed by atoms with E-state index < -0.39 is 3.79 Å². The molecule has 0 bridgehead atoms. The summed E-state index contributed by atoms with van der Waals surface area (Å²) in [6, 6.07) is 9.04. The molecule has 0 spiro atoms. The maximum absolute atomic E-state index is 8.68. The van der Waals surface area contributed by atoms with E-state index in [-0.39, 0.29) is 11.8 Å². The van der Waals surface area contributed by atoms with Crippen LogP contribution >= 0.6 is 34.8 Å². The number of benzene rings is 1. The predicted molar refractivity (Wildman–Crippen MR) is 73.6 cm³/mol. The first-order valence-corrected chi connectivity index (χ1v) is 6.21. The molecular formula is C12H6Cl3N3O. The minimum atomic E-state index is -1.73. The van der Waals surface area contributed by atoms with Gasteiger partial charge in [0.1, 0.15) is 0 Å². The van der Waals surface area contributed by atoms with Crippen LogP contribution in [0.15, 0.2) is 28.7 Å². The number of rotatable bonds is 2. The van der Waals surface area contributed by atoms with Crippen molar-refractivity contribution >= 4 is 47.0 Å². The van der Waals surface area contributed by atoms with Gasteiger partial charge in [0.2, 0.25) is 5.89 Å². The van der Waals surface area contributed by atoms with E-state index in [1.807, 2.05) is 6.07 Å². The summed E-state index contributed by atoms with van der Waals surface area (Å²) in [7, 11) is 0. The van der Waals surface area contributed by atoms with E-state index in [2.05, 4.69) is 10.2 Å². The highest BCUT2D eigenvalue weighted by molar-refractivity contribution is 6.66. The van der Waals surface area contributed by atoms with Crippen LogP contribution in [0.1, 0.15) is 22.9 Å². The Balaban J connectivity index is 2.14. The van der Waals surface area contributed by atoms with Crippen molar-refractivity contribution < 1.29 is 4.42 Å². The van der Waals surface area contributed by atoms with Crippen LogP contribution in [0.3, 0.4) is 0 Å². The number of nitriles is 1. The SMILES string of the molecule is N#Cc1ccc(C=Cc2nnc(C(Cl)(Cl)Cl)o2)cc1. The Morgan fingerprint density at radius 1 is 1.11 bits per heavy atom. The van der Waals surface area contributed by atoms with Crippen LogP contribution in [-0.2, 0) is 3.79 Å². The zero-order chi connectivity index (χ0) is 13.9. The first-order valence-electron chi connectivity index (χ1n) is 5.08. The van der Waals surface area contributed by atoms with Gasteiger partial charge in [-0.2, -0.15) is 5.26 Å². The fourth-order valence-electron chi connectivity index (χ4n) is 1.25. The minimum Gasteiger partial charge on any atom is -0.417 e. The molecule has 0 aliphatic rings. The van der Waals surface area contributed by atoms with E-state index in [9.17, 15) is 0 Å². The molecule has 0 amide bonds. The lowest BCUT2D eigenvalue weighted by molar-refractivity contribution is 0.493. The Labute approximate surface area is 124 Å². The molecule has 2 rings (SSSR count). The fraction of sp³-hybridized carbons (Fsp3) is 0.0833. The van der Waals surface area contributed by atoms with Gasteiger partial charge in [-0.15, -0.1) is 10.2 Å². The zero-order valence-electron chi connectivity index (χ0n) is 9.35. The molecule has 1 aromatic carbocycles. The fourth-order valence-corrected chi connectivity index (χ4v) is 1.48. The average molecular weight is 315 g/mol.